The van der Waals surface area contributed by atoms with Gasteiger partial charge >= 0.3 is 0 Å². The number of rotatable bonds is 9. The molecule has 36 heavy (non-hydrogen) atoms. The molecule has 1 aliphatic rings. The van der Waals surface area contributed by atoms with Gasteiger partial charge in [0, 0.05) is 55.6 Å². The number of nitrogens with one attached hydrogen (secondary N) is 2. The molecule has 4 rings (SSSR count). The van der Waals surface area contributed by atoms with E-state index in [9.17, 15) is 14.0 Å². The number of hydrogen-bond donors (Lipinski definition) is 3. The van der Waals surface area contributed by atoms with Crippen molar-refractivity contribution in [2.45, 2.75) is 6.54 Å². The van der Waals surface area contributed by atoms with E-state index in [1.807, 2.05) is 18.2 Å². The molecule has 1 saturated heterocycles. The first-order valence-corrected chi connectivity index (χ1v) is 12.6. The molecule has 1 aliphatic heterocycles. The van der Waals surface area contributed by atoms with E-state index >= 15 is 0 Å². The maximum atomic E-state index is 13.3. The van der Waals surface area contributed by atoms with Crippen LogP contribution in [0.1, 0.15) is 31.8 Å². The molecular formula is C26H28FN5O3S. The van der Waals surface area contributed by atoms with Gasteiger partial charge < -0.3 is 10.4 Å². The van der Waals surface area contributed by atoms with Crippen LogP contribution in [0.3, 0.4) is 0 Å². The Morgan fingerprint density at radius 3 is 2.58 bits per heavy atom. The Balaban J connectivity index is 1.34. The van der Waals surface area contributed by atoms with Crippen molar-refractivity contribution in [3.05, 3.63) is 87.4 Å². The first kappa shape index (κ1) is 25.6. The van der Waals surface area contributed by atoms with Gasteiger partial charge in [-0.2, -0.15) is 5.10 Å². The molecule has 10 heteroatoms. The van der Waals surface area contributed by atoms with E-state index in [-0.39, 0.29) is 12.5 Å². The van der Waals surface area contributed by atoms with Gasteiger partial charge in [0.15, 0.2) is 0 Å². The van der Waals surface area contributed by atoms with Gasteiger partial charge in [0.2, 0.25) is 0 Å². The summed E-state index contributed by atoms with van der Waals surface area (Å²) < 4.78 is 13.3. The Hall–Kier alpha value is -3.44. The summed E-state index contributed by atoms with van der Waals surface area (Å²) in [4.78, 5) is 30.1. The number of carbonyl (C=O) groups is 2. The van der Waals surface area contributed by atoms with Crippen LogP contribution in [-0.4, -0.2) is 72.3 Å². The molecule has 0 bridgehead atoms. The second-order valence-corrected chi connectivity index (χ2v) is 9.19. The van der Waals surface area contributed by atoms with E-state index in [0.717, 1.165) is 38.3 Å². The zero-order valence-corrected chi connectivity index (χ0v) is 20.5. The van der Waals surface area contributed by atoms with Crippen LogP contribution in [-0.2, 0) is 6.54 Å². The normalized spacial score (nSPS) is 14.7. The fourth-order valence-corrected chi connectivity index (χ4v) is 4.72. The highest BCUT2D eigenvalue weighted by Gasteiger charge is 2.18. The van der Waals surface area contributed by atoms with Crippen molar-refractivity contribution < 1.29 is 19.1 Å². The Labute approximate surface area is 213 Å². The Kier molecular flexibility index (Phi) is 8.90. The van der Waals surface area contributed by atoms with Gasteiger partial charge in [-0.25, -0.2) is 9.82 Å². The SMILES string of the molecule is O=C(Nc1cscc1C(=O)NN=Cc1cccc(F)c1)c1cccc(CN2CCN(CCO)CC2)c1. The molecule has 3 N–H and O–H groups in total. The molecule has 2 heterocycles. The number of aliphatic hydroxyl groups excluding tert-OH is 1. The number of hydrazone groups is 1. The highest BCUT2D eigenvalue weighted by Crippen LogP contribution is 2.22. The summed E-state index contributed by atoms with van der Waals surface area (Å²) in [5.41, 5.74) is 5.16. The number of β-amino-alcohol motifs (C(OH)–C–C–N with tert-alkyl or cyclic N) is 1. The average molecular weight is 510 g/mol. The number of benzene rings is 2. The quantitative estimate of drug-likeness (QED) is 0.304. The number of halogens is 1. The second-order valence-electron chi connectivity index (χ2n) is 8.45. The van der Waals surface area contributed by atoms with Crippen LogP contribution >= 0.6 is 11.3 Å². The van der Waals surface area contributed by atoms with Gasteiger partial charge in [-0.1, -0.05) is 24.3 Å². The Morgan fingerprint density at radius 2 is 1.81 bits per heavy atom. The molecule has 0 radical (unpaired) electrons. The van der Waals surface area contributed by atoms with E-state index in [4.69, 9.17) is 5.11 Å². The lowest BCUT2D eigenvalue weighted by molar-refractivity contribution is 0.0956. The fourth-order valence-electron chi connectivity index (χ4n) is 3.96. The van der Waals surface area contributed by atoms with E-state index in [1.165, 1.54) is 29.7 Å². The van der Waals surface area contributed by atoms with Gasteiger partial charge in [-0.3, -0.25) is 19.4 Å². The van der Waals surface area contributed by atoms with Crippen LogP contribution in [0.4, 0.5) is 10.1 Å². The zero-order valence-electron chi connectivity index (χ0n) is 19.7. The third-order valence-electron chi connectivity index (χ3n) is 5.86. The second kappa shape index (κ2) is 12.5. The van der Waals surface area contributed by atoms with Crippen molar-refractivity contribution in [3.8, 4) is 0 Å². The van der Waals surface area contributed by atoms with Gasteiger partial charge in [-0.15, -0.1) is 11.3 Å². The molecule has 0 atom stereocenters. The number of anilines is 1. The summed E-state index contributed by atoms with van der Waals surface area (Å²) in [5.74, 6) is -1.17. The summed E-state index contributed by atoms with van der Waals surface area (Å²) in [6.45, 7) is 5.25. The predicted octanol–water partition coefficient (Wildman–Crippen LogP) is 3.01. The molecule has 0 unspecified atom stereocenters. The average Bonchev–Trinajstić information content (AvgIpc) is 3.34. The molecule has 2 amide bonds. The lowest BCUT2D eigenvalue weighted by Gasteiger charge is -2.34. The Morgan fingerprint density at radius 1 is 1.03 bits per heavy atom. The van der Waals surface area contributed by atoms with E-state index in [1.54, 1.807) is 29.0 Å². The molecule has 188 valence electrons. The molecule has 8 nitrogen and oxygen atoms in total. The van der Waals surface area contributed by atoms with Crippen molar-refractivity contribution in [2.75, 3.05) is 44.6 Å². The molecule has 0 saturated carbocycles. The zero-order chi connectivity index (χ0) is 25.3. The highest BCUT2D eigenvalue weighted by atomic mass is 32.1. The van der Waals surface area contributed by atoms with E-state index in [0.29, 0.717) is 28.9 Å². The van der Waals surface area contributed by atoms with Crippen molar-refractivity contribution in [1.29, 1.82) is 0 Å². The van der Waals surface area contributed by atoms with Crippen molar-refractivity contribution >= 4 is 35.1 Å². The molecule has 0 aliphatic carbocycles. The Bertz CT molecular complexity index is 1220. The van der Waals surface area contributed by atoms with Crippen LogP contribution in [0.5, 0.6) is 0 Å². The molecule has 0 spiro atoms. The number of amides is 2. The predicted molar refractivity (Wildman–Crippen MR) is 139 cm³/mol. The van der Waals surface area contributed by atoms with Crippen molar-refractivity contribution in [3.63, 3.8) is 0 Å². The van der Waals surface area contributed by atoms with E-state index < -0.39 is 11.7 Å². The highest BCUT2D eigenvalue weighted by molar-refractivity contribution is 7.08. The molecule has 2 aromatic carbocycles. The summed E-state index contributed by atoms with van der Waals surface area (Å²) >= 11 is 1.29. The van der Waals surface area contributed by atoms with Crippen LogP contribution in [0, 0.1) is 5.82 Å². The standard InChI is InChI=1S/C26H28FN5O3S/c27-22-6-2-3-19(14-22)15-28-30-26(35)23-17-36-18-24(23)29-25(34)21-5-1-4-20(13-21)16-32-9-7-31(8-10-32)11-12-33/h1-6,13-15,17-18,33H,7-12,16H2,(H,29,34)(H,30,35). The maximum absolute atomic E-state index is 13.3. The largest absolute Gasteiger partial charge is 0.395 e. The number of thiophene rings is 1. The van der Waals surface area contributed by atoms with Crippen LogP contribution in [0.25, 0.3) is 0 Å². The lowest BCUT2D eigenvalue weighted by atomic mass is 10.1. The topological polar surface area (TPSA) is 97.3 Å². The van der Waals surface area contributed by atoms with Gasteiger partial charge in [-0.05, 0) is 35.4 Å². The van der Waals surface area contributed by atoms with E-state index in [2.05, 4.69) is 25.6 Å². The van der Waals surface area contributed by atoms with Crippen molar-refractivity contribution in [2.24, 2.45) is 5.10 Å². The summed E-state index contributed by atoms with van der Waals surface area (Å²) in [5, 5.41) is 19.1. The number of carbonyl (C=O) groups excluding carboxylic acids is 2. The van der Waals surface area contributed by atoms with Gasteiger partial charge in [0.25, 0.3) is 11.8 Å². The molecule has 3 aromatic rings. The number of nitrogens with zero attached hydrogens (tertiary/aromatic N) is 3. The molecule has 1 fully saturated rings. The monoisotopic (exact) mass is 509 g/mol. The van der Waals surface area contributed by atoms with Crippen LogP contribution < -0.4 is 10.7 Å². The maximum Gasteiger partial charge on any atom is 0.274 e. The van der Waals surface area contributed by atoms with Crippen LogP contribution in [0.2, 0.25) is 0 Å². The molecular weight excluding hydrogens is 481 g/mol. The van der Waals surface area contributed by atoms with Gasteiger partial charge in [0.1, 0.15) is 5.82 Å². The summed E-state index contributed by atoms with van der Waals surface area (Å²) in [6, 6.07) is 13.3. The smallest absolute Gasteiger partial charge is 0.274 e. The minimum Gasteiger partial charge on any atom is -0.395 e. The molecule has 1 aromatic heterocycles. The third kappa shape index (κ3) is 7.05. The first-order valence-electron chi connectivity index (χ1n) is 11.6. The third-order valence-corrected chi connectivity index (χ3v) is 6.60. The number of hydrogen-bond acceptors (Lipinski definition) is 7. The minimum atomic E-state index is -0.478. The van der Waals surface area contributed by atoms with Crippen molar-refractivity contribution in [1.82, 2.24) is 15.2 Å². The van der Waals surface area contributed by atoms with Gasteiger partial charge in [0.05, 0.1) is 24.1 Å². The lowest BCUT2D eigenvalue weighted by Crippen LogP contribution is -2.46. The summed E-state index contributed by atoms with van der Waals surface area (Å²) in [6.07, 6.45) is 1.35. The van der Waals surface area contributed by atoms with Crippen LogP contribution in [0.15, 0.2) is 64.4 Å². The minimum absolute atomic E-state index is 0.173. The fraction of sp³-hybridized carbons (Fsp3) is 0.269. The number of piperazine rings is 1. The first-order chi connectivity index (χ1) is 17.5. The number of aliphatic hydroxyl groups is 1. The summed E-state index contributed by atoms with van der Waals surface area (Å²) in [7, 11) is 0.